The Morgan fingerprint density at radius 1 is 1.50 bits per heavy atom. The lowest BCUT2D eigenvalue weighted by molar-refractivity contribution is -0.384. The molecule has 1 aliphatic rings. The lowest BCUT2D eigenvalue weighted by atomic mass is 9.98. The predicted octanol–water partition coefficient (Wildman–Crippen LogP) is 1.67. The van der Waals surface area contributed by atoms with Crippen LogP contribution in [0.15, 0.2) is 24.3 Å². The number of hydrogen-bond donors (Lipinski definition) is 1. The van der Waals surface area contributed by atoms with Crippen molar-refractivity contribution in [2.75, 3.05) is 13.1 Å². The minimum atomic E-state index is -0.341. The van der Waals surface area contributed by atoms with Crippen LogP contribution in [0.1, 0.15) is 17.9 Å². The molecule has 0 radical (unpaired) electrons. The number of nitrogens with one attached hydrogen (secondary N) is 1. The molecule has 1 aliphatic heterocycles. The average Bonchev–Trinajstić information content (AvgIpc) is 2.71. The number of hydrogen-bond acceptors (Lipinski definition) is 3. The Morgan fingerprint density at radius 2 is 2.36 bits per heavy atom. The first-order chi connectivity index (χ1) is 6.77. The van der Waals surface area contributed by atoms with Crippen molar-refractivity contribution in [3.05, 3.63) is 39.9 Å². The molecular weight excluding hydrogens is 180 g/mol. The van der Waals surface area contributed by atoms with Gasteiger partial charge in [0.2, 0.25) is 0 Å². The van der Waals surface area contributed by atoms with Gasteiger partial charge in [-0.05, 0) is 24.4 Å². The van der Waals surface area contributed by atoms with E-state index in [4.69, 9.17) is 0 Å². The fourth-order valence-corrected chi connectivity index (χ4v) is 1.83. The van der Waals surface area contributed by atoms with Gasteiger partial charge in [-0.1, -0.05) is 12.1 Å². The SMILES string of the molecule is O=[N+]([O-])c1cccc([C@@H]2CCNC2)c1. The molecule has 0 aliphatic carbocycles. The van der Waals surface area contributed by atoms with Gasteiger partial charge in [0.15, 0.2) is 0 Å². The van der Waals surface area contributed by atoms with Gasteiger partial charge >= 0.3 is 0 Å². The molecule has 0 saturated carbocycles. The first-order valence-electron chi connectivity index (χ1n) is 4.72. The normalized spacial score (nSPS) is 21.0. The lowest BCUT2D eigenvalue weighted by Crippen LogP contribution is -2.08. The maximum atomic E-state index is 10.6. The third-order valence-electron chi connectivity index (χ3n) is 2.61. The monoisotopic (exact) mass is 192 g/mol. The third-order valence-corrected chi connectivity index (χ3v) is 2.61. The van der Waals surface area contributed by atoms with Gasteiger partial charge in [-0.15, -0.1) is 0 Å². The van der Waals surface area contributed by atoms with Crippen LogP contribution in [0.4, 0.5) is 5.69 Å². The van der Waals surface area contributed by atoms with Crippen LogP contribution >= 0.6 is 0 Å². The molecule has 0 amide bonds. The Kier molecular flexibility index (Phi) is 2.45. The standard InChI is InChI=1S/C10H12N2O2/c13-12(14)10-3-1-2-8(6-10)9-4-5-11-7-9/h1-3,6,9,11H,4-5,7H2/t9-/m1/s1. The highest BCUT2D eigenvalue weighted by molar-refractivity contribution is 5.36. The van der Waals surface area contributed by atoms with E-state index in [1.807, 2.05) is 6.07 Å². The average molecular weight is 192 g/mol. The number of benzene rings is 1. The maximum absolute atomic E-state index is 10.6. The zero-order valence-electron chi connectivity index (χ0n) is 7.77. The second kappa shape index (κ2) is 3.75. The molecule has 1 N–H and O–H groups in total. The fourth-order valence-electron chi connectivity index (χ4n) is 1.83. The molecule has 1 aromatic carbocycles. The molecule has 74 valence electrons. The number of nitro groups is 1. The van der Waals surface area contributed by atoms with Gasteiger partial charge < -0.3 is 5.32 Å². The summed E-state index contributed by atoms with van der Waals surface area (Å²) in [7, 11) is 0. The van der Waals surface area contributed by atoms with Crippen molar-refractivity contribution in [1.82, 2.24) is 5.32 Å². The topological polar surface area (TPSA) is 55.2 Å². The van der Waals surface area contributed by atoms with Crippen molar-refractivity contribution in [2.24, 2.45) is 0 Å². The van der Waals surface area contributed by atoms with Crippen molar-refractivity contribution in [3.8, 4) is 0 Å². The van der Waals surface area contributed by atoms with Crippen molar-refractivity contribution in [2.45, 2.75) is 12.3 Å². The highest BCUT2D eigenvalue weighted by atomic mass is 16.6. The van der Waals surface area contributed by atoms with Gasteiger partial charge in [-0.2, -0.15) is 0 Å². The zero-order valence-corrected chi connectivity index (χ0v) is 7.77. The van der Waals surface area contributed by atoms with Crippen LogP contribution in [0.25, 0.3) is 0 Å². The molecule has 1 fully saturated rings. The van der Waals surface area contributed by atoms with Crippen molar-refractivity contribution in [1.29, 1.82) is 0 Å². The summed E-state index contributed by atoms with van der Waals surface area (Å²) in [5, 5.41) is 13.8. The summed E-state index contributed by atoms with van der Waals surface area (Å²) in [6.45, 7) is 1.94. The summed E-state index contributed by atoms with van der Waals surface area (Å²) in [4.78, 5) is 10.2. The number of rotatable bonds is 2. The minimum Gasteiger partial charge on any atom is -0.316 e. The van der Waals surface area contributed by atoms with Crippen LogP contribution in [0.3, 0.4) is 0 Å². The molecule has 1 saturated heterocycles. The van der Waals surface area contributed by atoms with Gasteiger partial charge in [0.1, 0.15) is 0 Å². The molecule has 1 heterocycles. The molecule has 14 heavy (non-hydrogen) atoms. The fraction of sp³-hybridized carbons (Fsp3) is 0.400. The summed E-state index contributed by atoms with van der Waals surface area (Å²) in [5.41, 5.74) is 1.26. The Hall–Kier alpha value is -1.42. The molecular formula is C10H12N2O2. The number of non-ortho nitro benzene ring substituents is 1. The highest BCUT2D eigenvalue weighted by Gasteiger charge is 2.18. The molecule has 0 aromatic heterocycles. The van der Waals surface area contributed by atoms with Crippen LogP contribution in [0.2, 0.25) is 0 Å². The van der Waals surface area contributed by atoms with E-state index in [9.17, 15) is 10.1 Å². The van der Waals surface area contributed by atoms with E-state index in [2.05, 4.69) is 5.32 Å². The predicted molar refractivity (Wildman–Crippen MR) is 53.3 cm³/mol. The van der Waals surface area contributed by atoms with E-state index in [-0.39, 0.29) is 10.6 Å². The minimum absolute atomic E-state index is 0.189. The molecule has 0 bridgehead atoms. The second-order valence-corrected chi connectivity index (χ2v) is 3.54. The van der Waals surface area contributed by atoms with Gasteiger partial charge in [0.05, 0.1) is 4.92 Å². The Balaban J connectivity index is 2.25. The molecule has 4 nitrogen and oxygen atoms in total. The number of nitro benzene ring substituents is 1. The Labute approximate surface area is 82.1 Å². The van der Waals surface area contributed by atoms with Gasteiger partial charge in [-0.3, -0.25) is 10.1 Å². The summed E-state index contributed by atoms with van der Waals surface area (Å²) >= 11 is 0. The first-order valence-corrected chi connectivity index (χ1v) is 4.72. The number of nitrogens with zero attached hydrogens (tertiary/aromatic N) is 1. The quantitative estimate of drug-likeness (QED) is 0.572. The van der Waals surface area contributed by atoms with Crippen LogP contribution < -0.4 is 5.32 Å². The van der Waals surface area contributed by atoms with Crippen LogP contribution in [0, 0.1) is 10.1 Å². The smallest absolute Gasteiger partial charge is 0.269 e. The Bertz CT molecular complexity index is 346. The summed E-state index contributed by atoms with van der Waals surface area (Å²) in [5.74, 6) is 0.440. The van der Waals surface area contributed by atoms with E-state index in [1.54, 1.807) is 12.1 Å². The van der Waals surface area contributed by atoms with Gasteiger partial charge in [-0.25, -0.2) is 0 Å². The summed E-state index contributed by atoms with van der Waals surface area (Å²) < 4.78 is 0. The molecule has 0 unspecified atom stereocenters. The molecule has 2 rings (SSSR count). The molecule has 0 spiro atoms. The van der Waals surface area contributed by atoms with Crippen LogP contribution in [-0.2, 0) is 0 Å². The van der Waals surface area contributed by atoms with Crippen molar-refractivity contribution >= 4 is 5.69 Å². The Morgan fingerprint density at radius 3 is 3.00 bits per heavy atom. The van der Waals surface area contributed by atoms with Crippen LogP contribution in [0.5, 0.6) is 0 Å². The van der Waals surface area contributed by atoms with E-state index >= 15 is 0 Å². The van der Waals surface area contributed by atoms with Crippen molar-refractivity contribution in [3.63, 3.8) is 0 Å². The summed E-state index contributed by atoms with van der Waals surface area (Å²) in [6, 6.07) is 6.93. The van der Waals surface area contributed by atoms with Gasteiger partial charge in [0.25, 0.3) is 5.69 Å². The molecule has 1 atom stereocenters. The first kappa shape index (κ1) is 9.15. The highest BCUT2D eigenvalue weighted by Crippen LogP contribution is 2.25. The van der Waals surface area contributed by atoms with E-state index in [0.717, 1.165) is 25.1 Å². The van der Waals surface area contributed by atoms with E-state index in [0.29, 0.717) is 5.92 Å². The van der Waals surface area contributed by atoms with Crippen LogP contribution in [-0.4, -0.2) is 18.0 Å². The lowest BCUT2D eigenvalue weighted by Gasteiger charge is -2.07. The van der Waals surface area contributed by atoms with E-state index in [1.165, 1.54) is 6.07 Å². The maximum Gasteiger partial charge on any atom is 0.269 e. The third kappa shape index (κ3) is 1.75. The molecule has 4 heteroatoms. The zero-order chi connectivity index (χ0) is 9.97. The second-order valence-electron chi connectivity index (χ2n) is 3.54. The molecule has 1 aromatic rings. The summed E-state index contributed by atoms with van der Waals surface area (Å²) in [6.07, 6.45) is 1.07. The van der Waals surface area contributed by atoms with Gasteiger partial charge in [0, 0.05) is 18.7 Å². The largest absolute Gasteiger partial charge is 0.316 e. The van der Waals surface area contributed by atoms with E-state index < -0.39 is 0 Å². The van der Waals surface area contributed by atoms with Crippen molar-refractivity contribution < 1.29 is 4.92 Å².